The number of aliphatic carboxylic acids is 1. The Balaban J connectivity index is 1.78. The van der Waals surface area contributed by atoms with Crippen LogP contribution in [0.3, 0.4) is 0 Å². The number of carboxylic acids is 1. The van der Waals surface area contributed by atoms with Crippen molar-refractivity contribution in [1.82, 2.24) is 10.3 Å². The van der Waals surface area contributed by atoms with Crippen molar-refractivity contribution >= 4 is 38.7 Å². The van der Waals surface area contributed by atoms with E-state index in [1.54, 1.807) is 31.2 Å². The van der Waals surface area contributed by atoms with Crippen LogP contribution >= 0.6 is 15.9 Å². The number of benzene rings is 3. The fourth-order valence-corrected chi connectivity index (χ4v) is 4.31. The number of rotatable bonds is 6. The zero-order valence-electron chi connectivity index (χ0n) is 18.3. The summed E-state index contributed by atoms with van der Waals surface area (Å²) >= 11 is 3.49. The van der Waals surface area contributed by atoms with E-state index in [9.17, 15) is 14.7 Å². The Morgan fingerprint density at radius 1 is 1.00 bits per heavy atom. The van der Waals surface area contributed by atoms with Gasteiger partial charge < -0.3 is 10.4 Å². The van der Waals surface area contributed by atoms with Gasteiger partial charge in [0.2, 0.25) is 0 Å². The highest BCUT2D eigenvalue weighted by Crippen LogP contribution is 2.31. The normalized spacial score (nSPS) is 12.8. The predicted octanol–water partition coefficient (Wildman–Crippen LogP) is 5.75. The number of nitrogens with zero attached hydrogens (tertiary/aromatic N) is 1. The third-order valence-electron chi connectivity index (χ3n) is 5.95. The van der Waals surface area contributed by atoms with Crippen molar-refractivity contribution in [2.75, 3.05) is 6.54 Å². The van der Waals surface area contributed by atoms with E-state index < -0.39 is 11.4 Å². The van der Waals surface area contributed by atoms with Gasteiger partial charge in [-0.25, -0.2) is 4.98 Å². The van der Waals surface area contributed by atoms with Gasteiger partial charge in [0.05, 0.1) is 16.8 Å². The maximum absolute atomic E-state index is 13.5. The minimum Gasteiger partial charge on any atom is -0.481 e. The summed E-state index contributed by atoms with van der Waals surface area (Å²) in [7, 11) is 0. The van der Waals surface area contributed by atoms with Gasteiger partial charge in [0, 0.05) is 22.0 Å². The van der Waals surface area contributed by atoms with Crippen molar-refractivity contribution in [3.8, 4) is 11.3 Å². The molecule has 0 saturated heterocycles. The molecule has 5 nitrogen and oxygen atoms in total. The smallest absolute Gasteiger partial charge is 0.315 e. The Kier molecular flexibility index (Phi) is 6.29. The van der Waals surface area contributed by atoms with Crippen LogP contribution in [0.4, 0.5) is 0 Å². The van der Waals surface area contributed by atoms with Crippen LogP contribution in [0.15, 0.2) is 83.3 Å². The molecule has 0 fully saturated rings. The molecule has 0 radical (unpaired) electrons. The predicted molar refractivity (Wildman–Crippen MR) is 133 cm³/mol. The maximum Gasteiger partial charge on any atom is 0.315 e. The van der Waals surface area contributed by atoms with E-state index in [0.717, 1.165) is 21.3 Å². The first-order valence-electron chi connectivity index (χ1n) is 10.5. The number of nitrogens with one attached hydrogen (secondary N) is 1. The Labute approximate surface area is 200 Å². The molecule has 6 heteroatoms. The van der Waals surface area contributed by atoms with E-state index >= 15 is 0 Å². The van der Waals surface area contributed by atoms with E-state index in [0.29, 0.717) is 22.0 Å². The van der Waals surface area contributed by atoms with E-state index in [-0.39, 0.29) is 12.5 Å². The number of halogens is 1. The van der Waals surface area contributed by atoms with Gasteiger partial charge in [0.25, 0.3) is 5.91 Å². The lowest BCUT2D eigenvalue weighted by molar-refractivity contribution is -0.142. The van der Waals surface area contributed by atoms with Crippen molar-refractivity contribution in [2.24, 2.45) is 0 Å². The Morgan fingerprint density at radius 2 is 1.64 bits per heavy atom. The fraction of sp³-hybridized carbons (Fsp3) is 0.148. The second-order valence-electron chi connectivity index (χ2n) is 8.17. The molecule has 0 aliphatic rings. The number of pyridine rings is 1. The van der Waals surface area contributed by atoms with E-state index in [4.69, 9.17) is 4.98 Å². The van der Waals surface area contributed by atoms with Crippen LogP contribution < -0.4 is 5.32 Å². The van der Waals surface area contributed by atoms with Crippen LogP contribution in [0, 0.1) is 6.92 Å². The summed E-state index contributed by atoms with van der Waals surface area (Å²) in [5.41, 5.74) is 2.91. The van der Waals surface area contributed by atoms with Crippen LogP contribution in [0.1, 0.15) is 28.4 Å². The van der Waals surface area contributed by atoms with Crippen molar-refractivity contribution in [1.29, 1.82) is 0 Å². The molecule has 1 heterocycles. The highest BCUT2D eigenvalue weighted by Gasteiger charge is 2.36. The van der Waals surface area contributed by atoms with Crippen LogP contribution in [0.25, 0.3) is 22.2 Å². The van der Waals surface area contributed by atoms with Gasteiger partial charge >= 0.3 is 5.97 Å². The monoisotopic (exact) mass is 502 g/mol. The number of amides is 1. The topological polar surface area (TPSA) is 79.3 Å². The molecule has 2 N–H and O–H groups in total. The molecule has 0 saturated carbocycles. The lowest BCUT2D eigenvalue weighted by Gasteiger charge is -2.26. The number of fused-ring (bicyclic) bond motifs is 1. The van der Waals surface area contributed by atoms with Crippen LogP contribution in [0.2, 0.25) is 0 Å². The van der Waals surface area contributed by atoms with Crippen LogP contribution in [-0.4, -0.2) is 28.5 Å². The molecule has 1 atom stereocenters. The summed E-state index contributed by atoms with van der Waals surface area (Å²) in [5.74, 6) is -1.34. The summed E-state index contributed by atoms with van der Waals surface area (Å²) in [6.07, 6.45) is 0. The third kappa shape index (κ3) is 4.39. The lowest BCUT2D eigenvalue weighted by Crippen LogP contribution is -2.44. The van der Waals surface area contributed by atoms with Gasteiger partial charge in [0.15, 0.2) is 0 Å². The molecule has 166 valence electrons. The van der Waals surface area contributed by atoms with Gasteiger partial charge in [-0.2, -0.15) is 0 Å². The molecule has 33 heavy (non-hydrogen) atoms. The average molecular weight is 503 g/mol. The first kappa shape index (κ1) is 22.7. The maximum atomic E-state index is 13.5. The standard InChI is InChI=1S/C27H23BrN2O3/c1-17-23(25(31)29-16-27(2,26(32)33)19-11-7-4-8-12-19)21-15-20(28)13-14-22(21)30-24(17)18-9-5-3-6-10-18/h3-15H,16H2,1-2H3,(H,29,31)(H,32,33)/t27-/m1/s1. The summed E-state index contributed by atoms with van der Waals surface area (Å²) in [6.45, 7) is 3.44. The van der Waals surface area contributed by atoms with Gasteiger partial charge in [-0.15, -0.1) is 0 Å². The third-order valence-corrected chi connectivity index (χ3v) is 6.44. The zero-order chi connectivity index (χ0) is 23.6. The van der Waals surface area contributed by atoms with Gasteiger partial charge in [-0.05, 0) is 43.2 Å². The minimum absolute atomic E-state index is 0.0525. The fourth-order valence-electron chi connectivity index (χ4n) is 3.95. The first-order valence-corrected chi connectivity index (χ1v) is 11.3. The summed E-state index contributed by atoms with van der Waals surface area (Å²) in [6, 6.07) is 24.3. The Morgan fingerprint density at radius 3 is 2.27 bits per heavy atom. The van der Waals surface area contributed by atoms with Crippen molar-refractivity contribution in [2.45, 2.75) is 19.3 Å². The molecular formula is C27H23BrN2O3. The van der Waals surface area contributed by atoms with E-state index in [1.165, 1.54) is 0 Å². The average Bonchev–Trinajstić information content (AvgIpc) is 2.83. The van der Waals surface area contributed by atoms with E-state index in [2.05, 4.69) is 21.2 Å². The number of hydrogen-bond acceptors (Lipinski definition) is 3. The van der Waals surface area contributed by atoms with Gasteiger partial charge in [-0.1, -0.05) is 76.6 Å². The Hall–Kier alpha value is -3.51. The number of carbonyl (C=O) groups excluding carboxylic acids is 1. The van der Waals surface area contributed by atoms with Crippen molar-refractivity contribution in [3.63, 3.8) is 0 Å². The zero-order valence-corrected chi connectivity index (χ0v) is 19.9. The first-order chi connectivity index (χ1) is 15.8. The largest absolute Gasteiger partial charge is 0.481 e. The quantitative estimate of drug-likeness (QED) is 0.352. The molecular weight excluding hydrogens is 480 g/mol. The summed E-state index contributed by atoms with van der Waals surface area (Å²) in [5, 5.41) is 13.5. The van der Waals surface area contributed by atoms with Crippen LogP contribution in [-0.2, 0) is 10.2 Å². The van der Waals surface area contributed by atoms with Crippen molar-refractivity contribution in [3.05, 3.63) is 100 Å². The second kappa shape index (κ2) is 9.16. The lowest BCUT2D eigenvalue weighted by atomic mass is 9.82. The number of carboxylic acid groups (broad SMARTS) is 1. The molecule has 4 aromatic rings. The van der Waals surface area contributed by atoms with E-state index in [1.807, 2.05) is 61.5 Å². The van der Waals surface area contributed by atoms with Crippen LogP contribution in [0.5, 0.6) is 0 Å². The molecule has 0 aliphatic heterocycles. The molecule has 0 spiro atoms. The SMILES string of the molecule is Cc1c(-c2ccccc2)nc2ccc(Br)cc2c1C(=O)NC[C@@](C)(C(=O)O)c1ccccc1. The number of aromatic nitrogens is 1. The Bertz CT molecular complexity index is 1340. The molecule has 1 aromatic heterocycles. The molecule has 0 aliphatic carbocycles. The number of hydrogen-bond donors (Lipinski definition) is 2. The molecule has 3 aromatic carbocycles. The van der Waals surface area contributed by atoms with Gasteiger partial charge in [-0.3, -0.25) is 9.59 Å². The molecule has 4 rings (SSSR count). The highest BCUT2D eigenvalue weighted by molar-refractivity contribution is 9.10. The summed E-state index contributed by atoms with van der Waals surface area (Å²) < 4.78 is 0.831. The minimum atomic E-state index is -1.27. The molecule has 0 bridgehead atoms. The highest BCUT2D eigenvalue weighted by atomic mass is 79.9. The van der Waals surface area contributed by atoms with Gasteiger partial charge in [0.1, 0.15) is 5.41 Å². The molecule has 1 amide bonds. The summed E-state index contributed by atoms with van der Waals surface area (Å²) in [4.78, 5) is 30.5. The number of carbonyl (C=O) groups is 2. The van der Waals surface area contributed by atoms with Crippen molar-refractivity contribution < 1.29 is 14.7 Å². The molecule has 0 unspecified atom stereocenters. The second-order valence-corrected chi connectivity index (χ2v) is 9.09.